The minimum atomic E-state index is -3.73. The van der Waals surface area contributed by atoms with Gasteiger partial charge in [-0.2, -0.15) is 4.31 Å². The fourth-order valence-electron chi connectivity index (χ4n) is 4.32. The van der Waals surface area contributed by atoms with E-state index in [2.05, 4.69) is 19.2 Å². The van der Waals surface area contributed by atoms with Gasteiger partial charge in [0.05, 0.1) is 20.3 Å². The summed E-state index contributed by atoms with van der Waals surface area (Å²) in [6.45, 7) is 9.03. The smallest absolute Gasteiger partial charge is 0.246 e. The Labute approximate surface area is 179 Å². The Kier molecular flexibility index (Phi) is 7.26. The van der Waals surface area contributed by atoms with Crippen molar-refractivity contribution in [2.24, 2.45) is 11.8 Å². The Bertz CT molecular complexity index is 844. The lowest BCUT2D eigenvalue weighted by Crippen LogP contribution is -2.48. The molecule has 0 aromatic heterocycles. The maximum Gasteiger partial charge on any atom is 0.246 e. The zero-order valence-corrected chi connectivity index (χ0v) is 19.1. The normalized spacial score (nSPS) is 24.3. The van der Waals surface area contributed by atoms with Gasteiger partial charge in [0.2, 0.25) is 15.9 Å². The number of rotatable bonds is 6. The molecule has 3 atom stereocenters. The third-order valence-electron chi connectivity index (χ3n) is 5.69. The Morgan fingerprint density at radius 3 is 2.43 bits per heavy atom. The molecule has 1 aromatic carbocycles. The third-order valence-corrected chi connectivity index (χ3v) is 7.61. The Morgan fingerprint density at radius 1 is 1.20 bits per heavy atom. The highest BCUT2D eigenvalue weighted by Crippen LogP contribution is 2.30. The van der Waals surface area contributed by atoms with Crippen LogP contribution in [0.4, 0.5) is 5.69 Å². The summed E-state index contributed by atoms with van der Waals surface area (Å²) in [6, 6.07) is 4.45. The Hall–Kier alpha value is -1.84. The number of piperidine rings is 1. The first-order chi connectivity index (χ1) is 14.2. The number of anilines is 1. The van der Waals surface area contributed by atoms with E-state index < -0.39 is 16.1 Å². The van der Waals surface area contributed by atoms with Crippen LogP contribution in [0.25, 0.3) is 0 Å². The summed E-state index contributed by atoms with van der Waals surface area (Å²) in [5, 5.41) is 3.18. The van der Waals surface area contributed by atoms with Crippen LogP contribution in [-0.4, -0.2) is 76.1 Å². The fraction of sp³-hybridized carbons (Fsp3) is 0.667. The number of sulfonamides is 1. The van der Waals surface area contributed by atoms with Gasteiger partial charge in [0.15, 0.2) is 0 Å². The molecule has 2 saturated heterocycles. The summed E-state index contributed by atoms with van der Waals surface area (Å²) in [6.07, 6.45) is 1.13. The number of hydrogen-bond donors (Lipinski definition) is 1. The van der Waals surface area contributed by atoms with E-state index in [1.54, 1.807) is 18.2 Å². The van der Waals surface area contributed by atoms with Gasteiger partial charge < -0.3 is 19.7 Å². The largest absolute Gasteiger partial charge is 0.495 e. The predicted molar refractivity (Wildman–Crippen MR) is 115 cm³/mol. The van der Waals surface area contributed by atoms with E-state index >= 15 is 0 Å². The SMILES string of the molecule is COc1ccc(N[C@H](C)C(=O)N2C[C@H](C)C[C@H](C)C2)cc1S(=O)(=O)N1CCOCC1. The third kappa shape index (κ3) is 5.07. The van der Waals surface area contributed by atoms with Crippen LogP contribution in [0.3, 0.4) is 0 Å². The summed E-state index contributed by atoms with van der Waals surface area (Å²) in [5.41, 5.74) is 0.571. The van der Waals surface area contributed by atoms with Crippen molar-refractivity contribution in [3.05, 3.63) is 18.2 Å². The molecular formula is C21H33N3O5S. The van der Waals surface area contributed by atoms with E-state index in [1.807, 2.05) is 11.8 Å². The molecule has 1 aromatic rings. The van der Waals surface area contributed by atoms with Crippen molar-refractivity contribution in [2.45, 2.75) is 38.1 Å². The number of carbonyl (C=O) groups is 1. The number of morpholine rings is 1. The van der Waals surface area contributed by atoms with E-state index in [4.69, 9.17) is 9.47 Å². The van der Waals surface area contributed by atoms with Gasteiger partial charge in [-0.3, -0.25) is 4.79 Å². The second-order valence-electron chi connectivity index (χ2n) is 8.44. The molecule has 9 heteroatoms. The van der Waals surface area contributed by atoms with E-state index in [-0.39, 0.29) is 16.6 Å². The van der Waals surface area contributed by atoms with Crippen molar-refractivity contribution in [1.82, 2.24) is 9.21 Å². The van der Waals surface area contributed by atoms with E-state index in [9.17, 15) is 13.2 Å². The topological polar surface area (TPSA) is 88.2 Å². The van der Waals surface area contributed by atoms with Gasteiger partial charge in [-0.1, -0.05) is 13.8 Å². The number of nitrogens with one attached hydrogen (secondary N) is 1. The van der Waals surface area contributed by atoms with Crippen molar-refractivity contribution in [1.29, 1.82) is 0 Å². The summed E-state index contributed by atoms with van der Waals surface area (Å²) >= 11 is 0. The number of ether oxygens (including phenoxy) is 2. The zero-order chi connectivity index (χ0) is 21.9. The van der Waals surface area contributed by atoms with Crippen molar-refractivity contribution >= 4 is 21.6 Å². The summed E-state index contributed by atoms with van der Waals surface area (Å²) in [5.74, 6) is 1.28. The quantitative estimate of drug-likeness (QED) is 0.730. The van der Waals surface area contributed by atoms with Crippen molar-refractivity contribution in [3.63, 3.8) is 0 Å². The molecule has 3 rings (SSSR count). The molecule has 2 aliphatic rings. The van der Waals surface area contributed by atoms with Crippen LogP contribution in [0.2, 0.25) is 0 Å². The fourth-order valence-corrected chi connectivity index (χ4v) is 5.91. The van der Waals surface area contributed by atoms with Gasteiger partial charge in [-0.05, 0) is 43.4 Å². The first-order valence-electron chi connectivity index (χ1n) is 10.5. The van der Waals surface area contributed by atoms with Crippen molar-refractivity contribution < 1.29 is 22.7 Å². The predicted octanol–water partition coefficient (Wildman–Crippen LogP) is 2.02. The molecule has 0 aliphatic carbocycles. The second-order valence-corrected chi connectivity index (χ2v) is 10.3. The monoisotopic (exact) mass is 439 g/mol. The summed E-state index contributed by atoms with van der Waals surface area (Å²) in [7, 11) is -2.28. The van der Waals surface area contributed by atoms with Gasteiger partial charge in [0.1, 0.15) is 16.7 Å². The van der Waals surface area contributed by atoms with Gasteiger partial charge in [-0.25, -0.2) is 8.42 Å². The van der Waals surface area contributed by atoms with E-state index in [0.717, 1.165) is 19.5 Å². The van der Waals surface area contributed by atoms with Gasteiger partial charge in [-0.15, -0.1) is 0 Å². The molecule has 2 aliphatic heterocycles. The molecule has 0 saturated carbocycles. The average Bonchev–Trinajstić information content (AvgIpc) is 2.73. The Balaban J connectivity index is 1.78. The summed E-state index contributed by atoms with van der Waals surface area (Å²) < 4.78 is 38.3. The molecule has 30 heavy (non-hydrogen) atoms. The molecule has 1 N–H and O–H groups in total. The highest BCUT2D eigenvalue weighted by molar-refractivity contribution is 7.89. The van der Waals surface area contributed by atoms with Crippen LogP contribution in [0.15, 0.2) is 23.1 Å². The number of methoxy groups -OCH3 is 1. The van der Waals surface area contributed by atoms with Crippen molar-refractivity contribution in [3.8, 4) is 5.75 Å². The van der Waals surface area contributed by atoms with Crippen LogP contribution in [0, 0.1) is 11.8 Å². The molecule has 8 nitrogen and oxygen atoms in total. The number of carbonyl (C=O) groups excluding carboxylic acids is 1. The molecule has 2 heterocycles. The second kappa shape index (κ2) is 9.53. The molecule has 168 valence electrons. The number of nitrogens with zero attached hydrogens (tertiary/aromatic N) is 2. The van der Waals surface area contributed by atoms with Gasteiger partial charge in [0, 0.05) is 31.9 Å². The average molecular weight is 440 g/mol. The molecule has 0 unspecified atom stereocenters. The lowest BCUT2D eigenvalue weighted by Gasteiger charge is -2.36. The molecule has 0 radical (unpaired) electrons. The lowest BCUT2D eigenvalue weighted by molar-refractivity contribution is -0.134. The van der Waals surface area contributed by atoms with Crippen LogP contribution in [-0.2, 0) is 19.6 Å². The van der Waals surface area contributed by atoms with Crippen LogP contribution in [0.5, 0.6) is 5.75 Å². The van der Waals surface area contributed by atoms with Crippen LogP contribution < -0.4 is 10.1 Å². The summed E-state index contributed by atoms with van der Waals surface area (Å²) in [4.78, 5) is 14.9. The molecular weight excluding hydrogens is 406 g/mol. The van der Waals surface area contributed by atoms with Crippen LogP contribution >= 0.6 is 0 Å². The number of likely N-dealkylation sites (tertiary alicyclic amines) is 1. The number of amides is 1. The van der Waals surface area contributed by atoms with Gasteiger partial charge in [0.25, 0.3) is 0 Å². The standard InChI is InChI=1S/C21H33N3O5S/c1-15-11-16(2)14-23(13-15)21(25)17(3)22-18-5-6-19(28-4)20(12-18)30(26,27)24-7-9-29-10-8-24/h5-6,12,15-17,22H,7-11,13-14H2,1-4H3/t15-,16+,17-/m1/s1. The number of hydrogen-bond acceptors (Lipinski definition) is 6. The zero-order valence-electron chi connectivity index (χ0n) is 18.3. The highest BCUT2D eigenvalue weighted by Gasteiger charge is 2.31. The maximum absolute atomic E-state index is 13.1. The first kappa shape index (κ1) is 22.8. The van der Waals surface area contributed by atoms with Crippen LogP contribution in [0.1, 0.15) is 27.2 Å². The minimum Gasteiger partial charge on any atom is -0.495 e. The maximum atomic E-state index is 13.1. The van der Waals surface area contributed by atoms with Gasteiger partial charge >= 0.3 is 0 Å². The highest BCUT2D eigenvalue weighted by atomic mass is 32.2. The lowest BCUT2D eigenvalue weighted by atomic mass is 9.91. The molecule has 2 fully saturated rings. The first-order valence-corrected chi connectivity index (χ1v) is 12.0. The Morgan fingerprint density at radius 2 is 1.83 bits per heavy atom. The van der Waals surface area contributed by atoms with E-state index in [1.165, 1.54) is 11.4 Å². The molecule has 1 amide bonds. The molecule has 0 bridgehead atoms. The molecule has 0 spiro atoms. The van der Waals surface area contributed by atoms with E-state index in [0.29, 0.717) is 43.8 Å². The minimum absolute atomic E-state index is 0.0294. The van der Waals surface area contributed by atoms with Crippen molar-refractivity contribution in [2.75, 3.05) is 51.8 Å². The number of benzene rings is 1.